The lowest BCUT2D eigenvalue weighted by Crippen LogP contribution is -2.18. The van der Waals surface area contributed by atoms with Gasteiger partial charge < -0.3 is 15.0 Å². The highest BCUT2D eigenvalue weighted by Gasteiger charge is 2.11. The van der Waals surface area contributed by atoms with Gasteiger partial charge in [0.05, 0.1) is 23.3 Å². The zero-order valence-corrected chi connectivity index (χ0v) is 17.9. The van der Waals surface area contributed by atoms with Crippen LogP contribution in [0.2, 0.25) is 0 Å². The molecule has 4 aromatic rings. The minimum atomic E-state index is -0.269. The third-order valence-electron chi connectivity index (χ3n) is 4.63. The van der Waals surface area contributed by atoms with E-state index in [1.54, 1.807) is 6.07 Å². The number of nitrogens with one attached hydrogen (secondary N) is 2. The van der Waals surface area contributed by atoms with Gasteiger partial charge in [-0.2, -0.15) is 0 Å². The van der Waals surface area contributed by atoms with Crippen LogP contribution in [0.1, 0.15) is 25.5 Å². The Morgan fingerprint density at radius 1 is 1.13 bits per heavy atom. The number of aromatic amines is 1. The number of nitrogens with zero attached hydrogens (tertiary/aromatic N) is 2. The molecule has 0 saturated heterocycles. The van der Waals surface area contributed by atoms with E-state index < -0.39 is 0 Å². The molecule has 0 saturated carbocycles. The number of hydrogen-bond acceptors (Lipinski definition) is 6. The molecule has 31 heavy (non-hydrogen) atoms. The van der Waals surface area contributed by atoms with Crippen molar-refractivity contribution in [3.8, 4) is 17.0 Å². The minimum absolute atomic E-state index is 0.146. The fourth-order valence-corrected chi connectivity index (χ4v) is 3.79. The van der Waals surface area contributed by atoms with Gasteiger partial charge in [0.1, 0.15) is 11.4 Å². The average Bonchev–Trinajstić information content (AvgIpc) is 3.25. The quantitative estimate of drug-likeness (QED) is 0.428. The van der Waals surface area contributed by atoms with Gasteiger partial charge in [-0.05, 0) is 42.8 Å². The molecule has 8 heteroatoms. The standard InChI is InChI=1S/C23H22N4O3S/c1-2-13-30-16-9-7-15(8-10-16)20-14-31-23(26-20)27-21(28)12-11-19-22(29)25-18-6-4-3-5-17(18)24-19/h3-10,14H,2,11-13H2,1H3,(H,25,29)(H,26,27,28). The zero-order chi connectivity index (χ0) is 21.6. The lowest BCUT2D eigenvalue weighted by molar-refractivity contribution is -0.116. The van der Waals surface area contributed by atoms with Crippen molar-refractivity contribution in [3.05, 3.63) is 70.0 Å². The van der Waals surface area contributed by atoms with Crippen molar-refractivity contribution in [2.75, 3.05) is 11.9 Å². The smallest absolute Gasteiger partial charge is 0.270 e. The fourth-order valence-electron chi connectivity index (χ4n) is 3.06. The van der Waals surface area contributed by atoms with Gasteiger partial charge in [0.15, 0.2) is 5.13 Å². The Bertz CT molecular complexity index is 1250. The zero-order valence-electron chi connectivity index (χ0n) is 17.1. The second-order valence-electron chi connectivity index (χ2n) is 6.99. The summed E-state index contributed by atoms with van der Waals surface area (Å²) in [7, 11) is 0. The summed E-state index contributed by atoms with van der Waals surface area (Å²) < 4.78 is 5.59. The number of thiazole rings is 1. The van der Waals surface area contributed by atoms with Crippen LogP contribution in [0, 0.1) is 0 Å². The highest BCUT2D eigenvalue weighted by atomic mass is 32.1. The second kappa shape index (κ2) is 9.53. The van der Waals surface area contributed by atoms with Crippen molar-refractivity contribution in [2.24, 2.45) is 0 Å². The van der Waals surface area contributed by atoms with E-state index in [2.05, 4.69) is 27.2 Å². The summed E-state index contributed by atoms with van der Waals surface area (Å²) >= 11 is 1.36. The first-order chi connectivity index (χ1) is 15.1. The number of rotatable bonds is 8. The molecule has 4 rings (SSSR count). The van der Waals surface area contributed by atoms with Gasteiger partial charge in [-0.15, -0.1) is 11.3 Å². The van der Waals surface area contributed by atoms with Crippen molar-refractivity contribution in [1.82, 2.24) is 15.0 Å². The Balaban J connectivity index is 1.36. The number of hydrogen-bond donors (Lipinski definition) is 2. The summed E-state index contributed by atoms with van der Waals surface area (Å²) in [5.41, 5.74) is 3.20. The number of carbonyl (C=O) groups is 1. The molecule has 0 aliphatic rings. The molecule has 1 amide bonds. The van der Waals surface area contributed by atoms with Gasteiger partial charge in [-0.25, -0.2) is 9.97 Å². The largest absolute Gasteiger partial charge is 0.494 e. The van der Waals surface area contributed by atoms with E-state index in [0.29, 0.717) is 28.5 Å². The number of aryl methyl sites for hydroxylation is 1. The Labute approximate surface area is 183 Å². The lowest BCUT2D eigenvalue weighted by Gasteiger charge is -2.05. The van der Waals surface area contributed by atoms with Crippen molar-refractivity contribution < 1.29 is 9.53 Å². The molecule has 7 nitrogen and oxygen atoms in total. The van der Waals surface area contributed by atoms with Crippen LogP contribution in [0.5, 0.6) is 5.75 Å². The third-order valence-corrected chi connectivity index (χ3v) is 5.39. The first kappa shape index (κ1) is 20.7. The summed E-state index contributed by atoms with van der Waals surface area (Å²) in [6.07, 6.45) is 1.36. The summed E-state index contributed by atoms with van der Waals surface area (Å²) in [5, 5.41) is 5.22. The Kier molecular flexibility index (Phi) is 6.37. The number of H-pyrrole nitrogens is 1. The molecular weight excluding hydrogens is 412 g/mol. The maximum Gasteiger partial charge on any atom is 0.270 e. The van der Waals surface area contributed by atoms with Crippen LogP contribution in [0.15, 0.2) is 58.7 Å². The van der Waals surface area contributed by atoms with Crippen molar-refractivity contribution in [1.29, 1.82) is 0 Å². The number of aromatic nitrogens is 3. The first-order valence-corrected chi connectivity index (χ1v) is 11.0. The molecule has 0 fully saturated rings. The molecule has 0 aliphatic carbocycles. The van der Waals surface area contributed by atoms with Gasteiger partial charge in [0, 0.05) is 23.8 Å². The predicted molar refractivity (Wildman–Crippen MR) is 123 cm³/mol. The lowest BCUT2D eigenvalue weighted by atomic mass is 10.2. The third kappa shape index (κ3) is 5.16. The minimum Gasteiger partial charge on any atom is -0.494 e. The molecule has 0 radical (unpaired) electrons. The molecule has 2 heterocycles. The molecule has 0 bridgehead atoms. The van der Waals surface area contributed by atoms with Gasteiger partial charge in [0.2, 0.25) is 5.91 Å². The molecule has 2 N–H and O–H groups in total. The van der Waals surface area contributed by atoms with Gasteiger partial charge in [0.25, 0.3) is 5.56 Å². The van der Waals surface area contributed by atoms with Crippen LogP contribution in [0.25, 0.3) is 22.3 Å². The van der Waals surface area contributed by atoms with E-state index >= 15 is 0 Å². The number of amides is 1. The topological polar surface area (TPSA) is 97.0 Å². The van der Waals surface area contributed by atoms with Crippen LogP contribution in [-0.4, -0.2) is 27.5 Å². The van der Waals surface area contributed by atoms with Crippen LogP contribution in [0.3, 0.4) is 0 Å². The van der Waals surface area contributed by atoms with Crippen molar-refractivity contribution in [3.63, 3.8) is 0 Å². The summed E-state index contributed by atoms with van der Waals surface area (Å²) in [6.45, 7) is 2.75. The highest BCUT2D eigenvalue weighted by molar-refractivity contribution is 7.14. The van der Waals surface area contributed by atoms with Gasteiger partial charge in [-0.3, -0.25) is 9.59 Å². The van der Waals surface area contributed by atoms with Crippen LogP contribution < -0.4 is 15.6 Å². The van der Waals surface area contributed by atoms with E-state index in [-0.39, 0.29) is 24.3 Å². The molecule has 0 unspecified atom stereocenters. The van der Waals surface area contributed by atoms with E-state index in [4.69, 9.17) is 4.74 Å². The first-order valence-electron chi connectivity index (χ1n) is 10.1. The Morgan fingerprint density at radius 2 is 1.94 bits per heavy atom. The molecule has 2 aromatic heterocycles. The van der Waals surface area contributed by atoms with E-state index in [1.165, 1.54) is 11.3 Å². The molecule has 158 valence electrons. The molecule has 0 aliphatic heterocycles. The average molecular weight is 435 g/mol. The maximum atomic E-state index is 12.4. The van der Waals surface area contributed by atoms with E-state index in [0.717, 1.165) is 23.4 Å². The Hall–Kier alpha value is -3.52. The van der Waals surface area contributed by atoms with E-state index in [9.17, 15) is 9.59 Å². The molecule has 0 spiro atoms. The maximum absolute atomic E-state index is 12.4. The number of benzene rings is 2. The van der Waals surface area contributed by atoms with Crippen LogP contribution in [0.4, 0.5) is 5.13 Å². The van der Waals surface area contributed by atoms with E-state index in [1.807, 2.05) is 47.8 Å². The molecule has 0 atom stereocenters. The molecule has 2 aromatic carbocycles. The SMILES string of the molecule is CCCOc1ccc(-c2csc(NC(=O)CCc3nc4ccccc4[nH]c3=O)n2)cc1. The molecular formula is C23H22N4O3S. The normalized spacial score (nSPS) is 10.9. The Morgan fingerprint density at radius 3 is 2.74 bits per heavy atom. The number of fused-ring (bicyclic) bond motifs is 1. The summed E-state index contributed by atoms with van der Waals surface area (Å²) in [5.74, 6) is 0.616. The van der Waals surface area contributed by atoms with Crippen LogP contribution >= 0.6 is 11.3 Å². The predicted octanol–water partition coefficient (Wildman–Crippen LogP) is 4.41. The van der Waals surface area contributed by atoms with Crippen molar-refractivity contribution in [2.45, 2.75) is 26.2 Å². The fraction of sp³-hybridized carbons (Fsp3) is 0.217. The number of para-hydroxylation sites is 2. The number of ether oxygens (including phenoxy) is 1. The number of anilines is 1. The highest BCUT2D eigenvalue weighted by Crippen LogP contribution is 2.26. The monoisotopic (exact) mass is 434 g/mol. The summed E-state index contributed by atoms with van der Waals surface area (Å²) in [4.78, 5) is 36.2. The van der Waals surface area contributed by atoms with Gasteiger partial charge >= 0.3 is 0 Å². The van der Waals surface area contributed by atoms with Gasteiger partial charge in [-0.1, -0.05) is 19.1 Å². The van der Waals surface area contributed by atoms with Crippen molar-refractivity contribution >= 4 is 33.4 Å². The van der Waals surface area contributed by atoms with Crippen LogP contribution in [-0.2, 0) is 11.2 Å². The second-order valence-corrected chi connectivity index (χ2v) is 7.85. The number of carbonyl (C=O) groups excluding carboxylic acids is 1. The summed E-state index contributed by atoms with van der Waals surface area (Å²) in [6, 6.07) is 15.0.